The van der Waals surface area contributed by atoms with E-state index in [0.717, 1.165) is 11.1 Å². The van der Waals surface area contributed by atoms with E-state index in [0.29, 0.717) is 27.8 Å². The van der Waals surface area contributed by atoms with E-state index in [9.17, 15) is 14.9 Å². The van der Waals surface area contributed by atoms with E-state index < -0.39 is 11.1 Å². The molecule has 8 heteroatoms. The van der Waals surface area contributed by atoms with Gasteiger partial charge in [-0.15, -0.1) is 0 Å². The van der Waals surface area contributed by atoms with Gasteiger partial charge >= 0.3 is 0 Å². The van der Waals surface area contributed by atoms with Crippen LogP contribution in [0, 0.1) is 10.1 Å². The maximum absolute atomic E-state index is 14.0. The largest absolute Gasteiger partial charge is 0.342 e. The summed E-state index contributed by atoms with van der Waals surface area (Å²) >= 11 is 13.1. The molecule has 0 N–H and O–H groups in total. The quantitative estimate of drug-likeness (QED) is 0.199. The topological polar surface area (TPSA) is 66.7 Å². The van der Waals surface area contributed by atoms with Crippen molar-refractivity contribution in [3.05, 3.63) is 139 Å². The molecule has 0 spiro atoms. The number of benzene rings is 4. The number of amides is 1. The first-order valence-electron chi connectivity index (χ1n) is 11.3. The van der Waals surface area contributed by atoms with Gasteiger partial charge in [-0.1, -0.05) is 96.0 Å². The zero-order valence-electron chi connectivity index (χ0n) is 19.1. The lowest BCUT2D eigenvalue weighted by atomic mass is 9.98. The average Bonchev–Trinajstić information content (AvgIpc) is 2.90. The lowest BCUT2D eigenvalue weighted by Crippen LogP contribution is -2.49. The SMILES string of the molecule is O=C1c2cc([N+](=O)[O-])ccc2N(Cc2ccccc2)[C@@H](c2cccc(Cl)c2Cl)N1Cc1ccccc1. The summed E-state index contributed by atoms with van der Waals surface area (Å²) < 4.78 is 0. The maximum Gasteiger partial charge on any atom is 0.270 e. The second-order valence-corrected chi connectivity index (χ2v) is 9.29. The van der Waals surface area contributed by atoms with Crippen molar-refractivity contribution in [3.63, 3.8) is 0 Å². The number of hydrogen-bond acceptors (Lipinski definition) is 4. The Hall–Kier alpha value is -3.87. The minimum atomic E-state index is -0.599. The molecular weight excluding hydrogens is 497 g/mol. The molecule has 36 heavy (non-hydrogen) atoms. The lowest BCUT2D eigenvalue weighted by Gasteiger charge is -2.46. The van der Waals surface area contributed by atoms with Gasteiger partial charge in [0.15, 0.2) is 0 Å². The first-order chi connectivity index (χ1) is 17.4. The molecule has 0 bridgehead atoms. The molecule has 4 aromatic rings. The molecule has 180 valence electrons. The molecule has 5 rings (SSSR count). The van der Waals surface area contributed by atoms with Gasteiger partial charge in [0.2, 0.25) is 0 Å². The van der Waals surface area contributed by atoms with Crippen LogP contribution in [-0.4, -0.2) is 15.7 Å². The Morgan fingerprint density at radius 3 is 2.00 bits per heavy atom. The molecule has 0 saturated carbocycles. The van der Waals surface area contributed by atoms with Gasteiger partial charge in [-0.2, -0.15) is 0 Å². The molecule has 0 unspecified atom stereocenters. The van der Waals surface area contributed by atoms with Gasteiger partial charge < -0.3 is 9.80 Å². The summed E-state index contributed by atoms with van der Waals surface area (Å²) in [7, 11) is 0. The molecule has 0 radical (unpaired) electrons. The Bertz CT molecular complexity index is 1430. The smallest absolute Gasteiger partial charge is 0.270 e. The Balaban J connectivity index is 1.73. The fraction of sp³-hybridized carbons (Fsp3) is 0.107. The number of nitro groups is 1. The lowest BCUT2D eigenvalue weighted by molar-refractivity contribution is -0.384. The van der Waals surface area contributed by atoms with Crippen molar-refractivity contribution in [2.75, 3.05) is 4.90 Å². The number of fused-ring (bicyclic) bond motifs is 1. The Labute approximate surface area is 218 Å². The van der Waals surface area contributed by atoms with Crippen LogP contribution in [0.15, 0.2) is 97.1 Å². The van der Waals surface area contributed by atoms with Crippen LogP contribution in [0.2, 0.25) is 10.0 Å². The summed E-state index contributed by atoms with van der Waals surface area (Å²) in [6.07, 6.45) is -0.599. The van der Waals surface area contributed by atoms with Crippen LogP contribution in [0.4, 0.5) is 11.4 Å². The number of nitrogens with zero attached hydrogens (tertiary/aromatic N) is 3. The maximum atomic E-state index is 14.0. The van der Waals surface area contributed by atoms with Crippen LogP contribution in [0.5, 0.6) is 0 Å². The van der Waals surface area contributed by atoms with E-state index in [4.69, 9.17) is 23.2 Å². The third-order valence-electron chi connectivity index (χ3n) is 6.23. The third kappa shape index (κ3) is 4.53. The second-order valence-electron chi connectivity index (χ2n) is 8.51. The van der Waals surface area contributed by atoms with Gasteiger partial charge in [-0.25, -0.2) is 0 Å². The highest BCUT2D eigenvalue weighted by molar-refractivity contribution is 6.42. The fourth-order valence-corrected chi connectivity index (χ4v) is 4.98. The number of hydrogen-bond donors (Lipinski definition) is 0. The summed E-state index contributed by atoms with van der Waals surface area (Å²) in [5, 5.41) is 12.3. The molecular formula is C28H21Cl2N3O3. The predicted molar refractivity (Wildman–Crippen MR) is 141 cm³/mol. The fourth-order valence-electron chi connectivity index (χ4n) is 4.57. The summed E-state index contributed by atoms with van der Waals surface area (Å²) in [6, 6.07) is 29.2. The van der Waals surface area contributed by atoms with E-state index in [2.05, 4.69) is 4.90 Å². The number of nitro benzene ring substituents is 1. The van der Waals surface area contributed by atoms with Gasteiger partial charge in [-0.05, 0) is 23.3 Å². The molecule has 1 atom stereocenters. The molecule has 0 aromatic heterocycles. The van der Waals surface area contributed by atoms with Crippen molar-refractivity contribution >= 4 is 40.5 Å². The van der Waals surface area contributed by atoms with Crippen molar-refractivity contribution in [1.29, 1.82) is 0 Å². The first-order valence-corrected chi connectivity index (χ1v) is 12.1. The van der Waals surface area contributed by atoms with Crippen molar-refractivity contribution < 1.29 is 9.72 Å². The van der Waals surface area contributed by atoms with Crippen LogP contribution in [0.25, 0.3) is 0 Å². The zero-order chi connectivity index (χ0) is 25.2. The number of anilines is 1. The predicted octanol–water partition coefficient (Wildman–Crippen LogP) is 7.26. The van der Waals surface area contributed by atoms with Gasteiger partial charge in [0.25, 0.3) is 11.6 Å². The summed E-state index contributed by atoms with van der Waals surface area (Å²) in [6.45, 7) is 0.721. The third-order valence-corrected chi connectivity index (χ3v) is 7.07. The van der Waals surface area contributed by atoms with Crippen molar-refractivity contribution in [1.82, 2.24) is 4.90 Å². The van der Waals surface area contributed by atoms with E-state index in [1.807, 2.05) is 66.7 Å². The number of rotatable bonds is 6. The van der Waals surface area contributed by atoms with Crippen LogP contribution < -0.4 is 4.90 Å². The summed E-state index contributed by atoms with van der Waals surface area (Å²) in [5.74, 6) is -0.317. The van der Waals surface area contributed by atoms with Gasteiger partial charge in [0.1, 0.15) is 6.17 Å². The summed E-state index contributed by atoms with van der Waals surface area (Å²) in [4.78, 5) is 28.8. The molecule has 6 nitrogen and oxygen atoms in total. The van der Waals surface area contributed by atoms with E-state index in [-0.39, 0.29) is 23.7 Å². The minimum Gasteiger partial charge on any atom is -0.342 e. The van der Waals surface area contributed by atoms with Crippen LogP contribution in [0.1, 0.15) is 33.2 Å². The minimum absolute atomic E-state index is 0.138. The van der Waals surface area contributed by atoms with E-state index >= 15 is 0 Å². The van der Waals surface area contributed by atoms with E-state index in [1.165, 1.54) is 12.1 Å². The molecule has 4 aromatic carbocycles. The highest BCUT2D eigenvalue weighted by Crippen LogP contribution is 2.44. The van der Waals surface area contributed by atoms with Crippen LogP contribution >= 0.6 is 23.2 Å². The second kappa shape index (κ2) is 10.0. The number of halogens is 2. The van der Waals surface area contributed by atoms with Crippen molar-refractivity contribution in [3.8, 4) is 0 Å². The molecule has 1 amide bonds. The molecule has 1 aliphatic rings. The zero-order valence-corrected chi connectivity index (χ0v) is 20.6. The monoisotopic (exact) mass is 517 g/mol. The van der Waals surface area contributed by atoms with Crippen molar-refractivity contribution in [2.24, 2.45) is 0 Å². The number of carbonyl (C=O) groups is 1. The van der Waals surface area contributed by atoms with Gasteiger partial charge in [0, 0.05) is 30.8 Å². The van der Waals surface area contributed by atoms with Crippen LogP contribution in [-0.2, 0) is 13.1 Å². The Kier molecular flexibility index (Phi) is 6.63. The van der Waals surface area contributed by atoms with Crippen LogP contribution in [0.3, 0.4) is 0 Å². The first kappa shape index (κ1) is 23.9. The normalized spacial score (nSPS) is 15.1. The Morgan fingerprint density at radius 2 is 1.39 bits per heavy atom. The van der Waals surface area contributed by atoms with Gasteiger partial charge in [-0.3, -0.25) is 14.9 Å². The standard InChI is InChI=1S/C28H21Cl2N3O3/c29-24-13-7-12-22(26(24)30)27-31(17-19-8-3-1-4-9-19)25-15-14-21(33(35)36)16-23(25)28(34)32(27)18-20-10-5-2-6-11-20/h1-16,27H,17-18H2/t27-/m1/s1. The highest BCUT2D eigenvalue weighted by atomic mass is 35.5. The average molecular weight is 518 g/mol. The molecule has 1 aliphatic heterocycles. The Morgan fingerprint density at radius 1 is 0.778 bits per heavy atom. The number of carbonyl (C=O) groups excluding carboxylic acids is 1. The molecule has 0 saturated heterocycles. The summed E-state index contributed by atoms with van der Waals surface area (Å²) in [5.41, 5.74) is 3.33. The molecule has 0 aliphatic carbocycles. The number of non-ortho nitro benzene ring substituents is 1. The van der Waals surface area contributed by atoms with E-state index in [1.54, 1.807) is 23.1 Å². The van der Waals surface area contributed by atoms with Crippen molar-refractivity contribution in [2.45, 2.75) is 19.3 Å². The van der Waals surface area contributed by atoms with Gasteiger partial charge in [0.05, 0.1) is 26.2 Å². The molecule has 0 fully saturated rings. The molecule has 1 heterocycles. The highest BCUT2D eigenvalue weighted by Gasteiger charge is 2.40.